The van der Waals surface area contributed by atoms with E-state index in [1.54, 1.807) is 12.3 Å². The van der Waals surface area contributed by atoms with Crippen molar-refractivity contribution in [1.82, 2.24) is 4.57 Å². The van der Waals surface area contributed by atoms with Gasteiger partial charge in [-0.25, -0.2) is 0 Å². The minimum Gasteiger partial charge on any atom is -0.485 e. The lowest BCUT2D eigenvalue weighted by atomic mass is 10.0. The van der Waals surface area contributed by atoms with Gasteiger partial charge in [0.25, 0.3) is 0 Å². The first-order valence-electron chi connectivity index (χ1n) is 6.55. The molecular formula is C16H18BrNO2. The van der Waals surface area contributed by atoms with E-state index in [4.69, 9.17) is 4.74 Å². The van der Waals surface area contributed by atoms with E-state index in [9.17, 15) is 4.79 Å². The molecule has 3 nitrogen and oxygen atoms in total. The van der Waals surface area contributed by atoms with E-state index < -0.39 is 0 Å². The van der Waals surface area contributed by atoms with E-state index in [0.29, 0.717) is 11.5 Å². The second-order valence-corrected chi connectivity index (χ2v) is 6.03. The standard InChI is InChI=1S/C16H18BrNO2/c1-11(2)14-8-13(17)4-5-16(14)20-10-15(19)12-6-7-18(3)9-12/h4-9,11H,10H2,1-3H3. The number of ether oxygens (including phenoxy) is 1. The molecule has 0 N–H and O–H groups in total. The number of rotatable bonds is 5. The molecule has 1 aromatic heterocycles. The van der Waals surface area contributed by atoms with Crippen LogP contribution in [0.15, 0.2) is 41.1 Å². The lowest BCUT2D eigenvalue weighted by Gasteiger charge is -2.14. The average molecular weight is 336 g/mol. The minimum absolute atomic E-state index is 0.0109. The number of carbonyl (C=O) groups excluding carboxylic acids is 1. The Balaban J connectivity index is 2.09. The quantitative estimate of drug-likeness (QED) is 0.768. The molecule has 0 bridgehead atoms. The lowest BCUT2D eigenvalue weighted by molar-refractivity contribution is 0.0920. The monoisotopic (exact) mass is 335 g/mol. The van der Waals surface area contributed by atoms with Gasteiger partial charge in [-0.3, -0.25) is 4.79 Å². The molecule has 0 saturated heterocycles. The number of ketones is 1. The summed E-state index contributed by atoms with van der Waals surface area (Å²) in [7, 11) is 1.89. The number of aromatic nitrogens is 1. The van der Waals surface area contributed by atoms with Crippen molar-refractivity contribution < 1.29 is 9.53 Å². The number of benzene rings is 1. The SMILES string of the molecule is CC(C)c1cc(Br)ccc1OCC(=O)c1ccn(C)c1. The summed E-state index contributed by atoms with van der Waals surface area (Å²) in [5, 5.41) is 0. The van der Waals surface area contributed by atoms with Crippen molar-refractivity contribution >= 4 is 21.7 Å². The maximum absolute atomic E-state index is 12.0. The van der Waals surface area contributed by atoms with Gasteiger partial charge in [0.05, 0.1) is 0 Å². The van der Waals surface area contributed by atoms with Crippen molar-refractivity contribution in [1.29, 1.82) is 0 Å². The van der Waals surface area contributed by atoms with Gasteiger partial charge >= 0.3 is 0 Å². The first-order chi connectivity index (χ1) is 9.47. The molecule has 2 aromatic rings. The molecule has 0 amide bonds. The number of halogens is 1. The molecule has 0 fully saturated rings. The zero-order chi connectivity index (χ0) is 14.7. The van der Waals surface area contributed by atoms with E-state index >= 15 is 0 Å². The summed E-state index contributed by atoms with van der Waals surface area (Å²) < 4.78 is 8.57. The zero-order valence-corrected chi connectivity index (χ0v) is 13.5. The van der Waals surface area contributed by atoms with Crippen molar-refractivity contribution in [2.45, 2.75) is 19.8 Å². The summed E-state index contributed by atoms with van der Waals surface area (Å²) in [6.45, 7) is 4.27. The predicted octanol–water partition coefficient (Wildman–Crippen LogP) is 4.17. The number of hydrogen-bond donors (Lipinski definition) is 0. The molecule has 20 heavy (non-hydrogen) atoms. The summed E-state index contributed by atoms with van der Waals surface area (Å²) in [5.74, 6) is 1.10. The van der Waals surface area contributed by atoms with Gasteiger partial charge in [-0.05, 0) is 35.7 Å². The molecule has 2 rings (SSSR count). The smallest absolute Gasteiger partial charge is 0.201 e. The van der Waals surface area contributed by atoms with Crippen LogP contribution in [0.4, 0.5) is 0 Å². The van der Waals surface area contributed by atoms with Crippen LogP contribution in [0.5, 0.6) is 5.75 Å². The molecule has 1 aromatic carbocycles. The molecule has 0 saturated carbocycles. The number of aryl methyl sites for hydroxylation is 1. The summed E-state index contributed by atoms with van der Waals surface area (Å²) in [6.07, 6.45) is 3.66. The fourth-order valence-corrected chi connectivity index (χ4v) is 2.38. The van der Waals surface area contributed by atoms with Crippen LogP contribution in [0, 0.1) is 0 Å². The minimum atomic E-state index is -0.0109. The molecule has 0 radical (unpaired) electrons. The third kappa shape index (κ3) is 3.51. The number of Topliss-reactive ketones (excluding diaryl/α,β-unsaturated/α-hetero) is 1. The highest BCUT2D eigenvalue weighted by molar-refractivity contribution is 9.10. The molecule has 106 valence electrons. The predicted molar refractivity (Wildman–Crippen MR) is 83.5 cm³/mol. The third-order valence-electron chi connectivity index (χ3n) is 3.11. The van der Waals surface area contributed by atoms with Crippen LogP contribution in [0.1, 0.15) is 35.7 Å². The molecule has 0 atom stereocenters. The van der Waals surface area contributed by atoms with Crippen LogP contribution in [-0.4, -0.2) is 17.0 Å². The van der Waals surface area contributed by atoms with E-state index in [2.05, 4.69) is 29.8 Å². The normalized spacial score (nSPS) is 10.8. The molecule has 4 heteroatoms. The first-order valence-corrected chi connectivity index (χ1v) is 7.34. The van der Waals surface area contributed by atoms with Crippen LogP contribution in [0.25, 0.3) is 0 Å². The molecule has 0 unspecified atom stereocenters. The third-order valence-corrected chi connectivity index (χ3v) is 3.60. The molecule has 0 aliphatic carbocycles. The zero-order valence-electron chi connectivity index (χ0n) is 11.9. The average Bonchev–Trinajstić information content (AvgIpc) is 2.83. The topological polar surface area (TPSA) is 31.2 Å². The van der Waals surface area contributed by atoms with Crippen LogP contribution in [0.2, 0.25) is 0 Å². The maximum atomic E-state index is 12.0. The Hall–Kier alpha value is -1.55. The second-order valence-electron chi connectivity index (χ2n) is 5.11. The van der Waals surface area contributed by atoms with Crippen molar-refractivity contribution in [2.24, 2.45) is 7.05 Å². The van der Waals surface area contributed by atoms with Gasteiger partial charge in [0.1, 0.15) is 5.75 Å². The van der Waals surface area contributed by atoms with Crippen molar-refractivity contribution in [3.63, 3.8) is 0 Å². The Kier molecular flexibility index (Phi) is 4.65. The van der Waals surface area contributed by atoms with Gasteiger partial charge < -0.3 is 9.30 Å². The molecular weight excluding hydrogens is 318 g/mol. The second kappa shape index (κ2) is 6.27. The Morgan fingerprint density at radius 1 is 1.35 bits per heavy atom. The van der Waals surface area contributed by atoms with E-state index in [1.165, 1.54) is 0 Å². The Labute approximate surface area is 127 Å². The van der Waals surface area contributed by atoms with E-state index in [0.717, 1.165) is 15.8 Å². The van der Waals surface area contributed by atoms with Crippen LogP contribution in [-0.2, 0) is 7.05 Å². The molecule has 0 aliphatic heterocycles. The van der Waals surface area contributed by atoms with Gasteiger partial charge in [0.2, 0.25) is 5.78 Å². The summed E-state index contributed by atoms with van der Waals surface area (Å²) in [5.41, 5.74) is 1.77. The van der Waals surface area contributed by atoms with E-state index in [-0.39, 0.29) is 12.4 Å². The van der Waals surface area contributed by atoms with Gasteiger partial charge in [0.15, 0.2) is 6.61 Å². The van der Waals surface area contributed by atoms with E-state index in [1.807, 2.05) is 36.0 Å². The summed E-state index contributed by atoms with van der Waals surface area (Å²) >= 11 is 3.46. The van der Waals surface area contributed by atoms with Crippen LogP contribution < -0.4 is 4.74 Å². The Morgan fingerprint density at radius 3 is 2.70 bits per heavy atom. The number of carbonyl (C=O) groups is 1. The lowest BCUT2D eigenvalue weighted by Crippen LogP contribution is -2.12. The number of hydrogen-bond acceptors (Lipinski definition) is 2. The highest BCUT2D eigenvalue weighted by Crippen LogP contribution is 2.29. The largest absolute Gasteiger partial charge is 0.485 e. The van der Waals surface area contributed by atoms with Gasteiger partial charge in [-0.1, -0.05) is 29.8 Å². The molecule has 1 heterocycles. The van der Waals surface area contributed by atoms with Crippen LogP contribution in [0.3, 0.4) is 0 Å². The highest BCUT2D eigenvalue weighted by Gasteiger charge is 2.12. The van der Waals surface area contributed by atoms with Crippen molar-refractivity contribution in [3.05, 3.63) is 52.3 Å². The van der Waals surface area contributed by atoms with Crippen molar-refractivity contribution in [2.75, 3.05) is 6.61 Å². The fourth-order valence-electron chi connectivity index (χ4n) is 2.00. The summed E-state index contributed by atoms with van der Waals surface area (Å²) in [4.78, 5) is 12.0. The maximum Gasteiger partial charge on any atom is 0.201 e. The fraction of sp³-hybridized carbons (Fsp3) is 0.312. The summed E-state index contributed by atoms with van der Waals surface area (Å²) in [6, 6.07) is 7.66. The Bertz CT molecular complexity index is 617. The van der Waals surface area contributed by atoms with Gasteiger partial charge in [-0.15, -0.1) is 0 Å². The highest BCUT2D eigenvalue weighted by atomic mass is 79.9. The van der Waals surface area contributed by atoms with Gasteiger partial charge in [-0.2, -0.15) is 0 Å². The molecule has 0 spiro atoms. The first kappa shape index (κ1) is 14.9. The molecule has 0 aliphatic rings. The van der Waals surface area contributed by atoms with Crippen LogP contribution >= 0.6 is 15.9 Å². The Morgan fingerprint density at radius 2 is 2.10 bits per heavy atom. The van der Waals surface area contributed by atoms with Crippen molar-refractivity contribution in [3.8, 4) is 5.75 Å². The number of nitrogens with zero attached hydrogens (tertiary/aromatic N) is 1. The van der Waals surface area contributed by atoms with Gasteiger partial charge in [0, 0.05) is 29.5 Å².